The SMILES string of the molecule is C#CCOc1ccc(CCNC(=O)C(COCc2ccccc2)OCC)cc1OC. The standard InChI is InChI=1S/C24H29NO5/c1-4-15-30-21-12-11-19(16-22(21)27-3)13-14-25-24(26)23(29-5-2)18-28-17-20-9-7-6-8-10-20/h1,6-12,16,23H,5,13-15,17-18H2,2-3H3,(H,25,26). The molecule has 160 valence electrons. The van der Waals surface area contributed by atoms with E-state index in [2.05, 4.69) is 11.2 Å². The summed E-state index contributed by atoms with van der Waals surface area (Å²) >= 11 is 0. The Morgan fingerprint density at radius 2 is 1.93 bits per heavy atom. The monoisotopic (exact) mass is 411 g/mol. The predicted molar refractivity (Wildman–Crippen MR) is 116 cm³/mol. The fourth-order valence-electron chi connectivity index (χ4n) is 2.81. The zero-order chi connectivity index (χ0) is 21.6. The van der Waals surface area contributed by atoms with E-state index in [9.17, 15) is 4.79 Å². The molecular weight excluding hydrogens is 382 g/mol. The Kier molecular flexibility index (Phi) is 10.3. The topological polar surface area (TPSA) is 66.0 Å². The first-order chi connectivity index (χ1) is 14.7. The molecule has 0 saturated heterocycles. The number of amides is 1. The van der Waals surface area contributed by atoms with E-state index in [0.717, 1.165) is 11.1 Å². The molecule has 2 aromatic carbocycles. The van der Waals surface area contributed by atoms with E-state index < -0.39 is 6.10 Å². The smallest absolute Gasteiger partial charge is 0.251 e. The highest BCUT2D eigenvalue weighted by Gasteiger charge is 2.18. The maximum Gasteiger partial charge on any atom is 0.251 e. The summed E-state index contributed by atoms with van der Waals surface area (Å²) in [6.45, 7) is 3.57. The van der Waals surface area contributed by atoms with Gasteiger partial charge in [-0.05, 0) is 36.6 Å². The van der Waals surface area contributed by atoms with Gasteiger partial charge in [-0.1, -0.05) is 42.3 Å². The lowest BCUT2D eigenvalue weighted by Crippen LogP contribution is -2.40. The number of carbonyl (C=O) groups excluding carboxylic acids is 1. The average molecular weight is 411 g/mol. The summed E-state index contributed by atoms with van der Waals surface area (Å²) in [6.07, 6.45) is 5.22. The molecule has 2 rings (SSSR count). The molecule has 1 unspecified atom stereocenters. The number of benzene rings is 2. The van der Waals surface area contributed by atoms with Crippen molar-refractivity contribution < 1.29 is 23.7 Å². The van der Waals surface area contributed by atoms with E-state index in [1.165, 1.54) is 0 Å². The van der Waals surface area contributed by atoms with Gasteiger partial charge in [-0.15, -0.1) is 6.42 Å². The van der Waals surface area contributed by atoms with Gasteiger partial charge >= 0.3 is 0 Å². The number of carbonyl (C=O) groups is 1. The average Bonchev–Trinajstić information content (AvgIpc) is 2.78. The lowest BCUT2D eigenvalue weighted by atomic mass is 10.1. The number of nitrogens with one attached hydrogen (secondary N) is 1. The largest absolute Gasteiger partial charge is 0.493 e. The van der Waals surface area contributed by atoms with Crippen LogP contribution in [0, 0.1) is 12.3 Å². The molecule has 0 fully saturated rings. The zero-order valence-electron chi connectivity index (χ0n) is 17.6. The second-order valence-electron chi connectivity index (χ2n) is 6.46. The summed E-state index contributed by atoms with van der Waals surface area (Å²) in [4.78, 5) is 12.5. The molecular formula is C24H29NO5. The molecule has 0 saturated carbocycles. The van der Waals surface area contributed by atoms with Crippen LogP contribution in [0.3, 0.4) is 0 Å². The van der Waals surface area contributed by atoms with Crippen molar-refractivity contribution in [3.05, 3.63) is 59.7 Å². The molecule has 0 aliphatic rings. The van der Waals surface area contributed by atoms with Gasteiger partial charge in [-0.25, -0.2) is 0 Å². The van der Waals surface area contributed by atoms with Gasteiger partial charge in [0.15, 0.2) is 17.6 Å². The molecule has 0 bridgehead atoms. The van der Waals surface area contributed by atoms with Crippen LogP contribution in [-0.4, -0.2) is 45.5 Å². The first-order valence-corrected chi connectivity index (χ1v) is 9.92. The third-order valence-corrected chi connectivity index (χ3v) is 4.29. The van der Waals surface area contributed by atoms with Crippen molar-refractivity contribution in [2.45, 2.75) is 26.1 Å². The molecule has 1 amide bonds. The summed E-state index contributed by atoms with van der Waals surface area (Å²) < 4.78 is 22.0. The van der Waals surface area contributed by atoms with Crippen LogP contribution in [0.4, 0.5) is 0 Å². The summed E-state index contributed by atoms with van der Waals surface area (Å²) in [5.41, 5.74) is 2.06. The van der Waals surface area contributed by atoms with Crippen LogP contribution in [0.15, 0.2) is 48.5 Å². The van der Waals surface area contributed by atoms with Gasteiger partial charge in [-0.3, -0.25) is 4.79 Å². The van der Waals surface area contributed by atoms with Gasteiger partial charge in [0.1, 0.15) is 6.61 Å². The maximum absolute atomic E-state index is 12.5. The van der Waals surface area contributed by atoms with Gasteiger partial charge in [0.05, 0.1) is 20.3 Å². The van der Waals surface area contributed by atoms with Crippen LogP contribution >= 0.6 is 0 Å². The van der Waals surface area contributed by atoms with Crippen LogP contribution in [0.25, 0.3) is 0 Å². The van der Waals surface area contributed by atoms with Crippen LogP contribution in [0.2, 0.25) is 0 Å². The minimum Gasteiger partial charge on any atom is -0.493 e. The molecule has 30 heavy (non-hydrogen) atoms. The van der Waals surface area contributed by atoms with Gasteiger partial charge in [0.25, 0.3) is 5.91 Å². The number of rotatable bonds is 13. The molecule has 1 atom stereocenters. The summed E-state index contributed by atoms with van der Waals surface area (Å²) in [5.74, 6) is 3.44. The Balaban J connectivity index is 1.81. The molecule has 0 aromatic heterocycles. The van der Waals surface area contributed by atoms with Crippen molar-refractivity contribution in [1.29, 1.82) is 0 Å². The Morgan fingerprint density at radius 1 is 1.13 bits per heavy atom. The number of terminal acetylenes is 1. The Bertz CT molecular complexity index is 816. The molecule has 0 aliphatic carbocycles. The van der Waals surface area contributed by atoms with Crippen molar-refractivity contribution in [3.63, 3.8) is 0 Å². The maximum atomic E-state index is 12.5. The van der Waals surface area contributed by atoms with E-state index in [1.807, 2.05) is 55.5 Å². The Labute approximate surface area is 178 Å². The van der Waals surface area contributed by atoms with Crippen LogP contribution < -0.4 is 14.8 Å². The Morgan fingerprint density at radius 3 is 2.63 bits per heavy atom. The van der Waals surface area contributed by atoms with Crippen molar-refractivity contribution in [2.75, 3.05) is 33.5 Å². The molecule has 0 heterocycles. The van der Waals surface area contributed by atoms with Crippen LogP contribution in [-0.2, 0) is 27.3 Å². The third kappa shape index (κ3) is 7.78. The number of hydrogen-bond donors (Lipinski definition) is 1. The summed E-state index contributed by atoms with van der Waals surface area (Å²) in [7, 11) is 1.58. The number of methoxy groups -OCH3 is 1. The van der Waals surface area contributed by atoms with E-state index in [1.54, 1.807) is 7.11 Å². The second-order valence-corrected chi connectivity index (χ2v) is 6.46. The highest BCUT2D eigenvalue weighted by Crippen LogP contribution is 2.28. The van der Waals surface area contributed by atoms with E-state index in [4.69, 9.17) is 25.4 Å². The van der Waals surface area contributed by atoms with E-state index in [-0.39, 0.29) is 19.1 Å². The third-order valence-electron chi connectivity index (χ3n) is 4.29. The fourth-order valence-corrected chi connectivity index (χ4v) is 2.81. The first kappa shape index (κ1) is 23.3. The van der Waals surface area contributed by atoms with Gasteiger partial charge in [0.2, 0.25) is 0 Å². The van der Waals surface area contributed by atoms with Gasteiger partial charge < -0.3 is 24.3 Å². The molecule has 6 heteroatoms. The van der Waals surface area contributed by atoms with Crippen molar-refractivity contribution in [1.82, 2.24) is 5.32 Å². The molecule has 6 nitrogen and oxygen atoms in total. The zero-order valence-corrected chi connectivity index (χ0v) is 17.6. The molecule has 1 N–H and O–H groups in total. The lowest BCUT2D eigenvalue weighted by Gasteiger charge is -2.17. The van der Waals surface area contributed by atoms with Gasteiger partial charge in [0, 0.05) is 13.2 Å². The molecule has 0 spiro atoms. The number of ether oxygens (including phenoxy) is 4. The highest BCUT2D eigenvalue weighted by molar-refractivity contribution is 5.80. The predicted octanol–water partition coefficient (Wildman–Crippen LogP) is 2.99. The van der Waals surface area contributed by atoms with Gasteiger partial charge in [-0.2, -0.15) is 0 Å². The van der Waals surface area contributed by atoms with Crippen LogP contribution in [0.5, 0.6) is 11.5 Å². The van der Waals surface area contributed by atoms with E-state index >= 15 is 0 Å². The van der Waals surface area contributed by atoms with Crippen molar-refractivity contribution in [3.8, 4) is 23.8 Å². The first-order valence-electron chi connectivity index (χ1n) is 9.92. The highest BCUT2D eigenvalue weighted by atomic mass is 16.5. The molecule has 0 radical (unpaired) electrons. The summed E-state index contributed by atoms with van der Waals surface area (Å²) in [6, 6.07) is 15.4. The minimum atomic E-state index is -0.646. The minimum absolute atomic E-state index is 0.178. The summed E-state index contributed by atoms with van der Waals surface area (Å²) in [5, 5.41) is 2.91. The number of hydrogen-bond acceptors (Lipinski definition) is 5. The molecule has 2 aromatic rings. The molecule has 0 aliphatic heterocycles. The van der Waals surface area contributed by atoms with Crippen molar-refractivity contribution >= 4 is 5.91 Å². The van der Waals surface area contributed by atoms with Crippen LogP contribution in [0.1, 0.15) is 18.1 Å². The normalized spacial score (nSPS) is 11.4. The fraction of sp³-hybridized carbons (Fsp3) is 0.375. The van der Waals surface area contributed by atoms with Crippen molar-refractivity contribution in [2.24, 2.45) is 0 Å². The van der Waals surface area contributed by atoms with E-state index in [0.29, 0.717) is 37.7 Å². The second kappa shape index (κ2) is 13.3. The lowest BCUT2D eigenvalue weighted by molar-refractivity contribution is -0.137. The quantitative estimate of drug-likeness (QED) is 0.514. The Hall–Kier alpha value is -3.01.